The van der Waals surface area contributed by atoms with Crippen LogP contribution in [0.25, 0.3) is 16.8 Å². The maximum absolute atomic E-state index is 12.4. The summed E-state index contributed by atoms with van der Waals surface area (Å²) >= 11 is 0. The maximum atomic E-state index is 12.4. The second kappa shape index (κ2) is 8.96. The highest BCUT2D eigenvalue weighted by molar-refractivity contribution is 5.80. The number of amides is 1. The van der Waals surface area contributed by atoms with E-state index in [0.717, 1.165) is 52.5 Å². The Morgan fingerprint density at radius 3 is 2.57 bits per heavy atom. The van der Waals surface area contributed by atoms with Gasteiger partial charge in [-0.15, -0.1) is 0 Å². The van der Waals surface area contributed by atoms with Crippen molar-refractivity contribution in [2.45, 2.75) is 46.5 Å². The van der Waals surface area contributed by atoms with Crippen molar-refractivity contribution in [3.8, 4) is 11.1 Å². The van der Waals surface area contributed by atoms with E-state index in [2.05, 4.69) is 24.4 Å². The van der Waals surface area contributed by atoms with E-state index in [1.54, 1.807) is 4.90 Å². The molecule has 1 aromatic carbocycles. The van der Waals surface area contributed by atoms with Crippen LogP contribution in [0.15, 0.2) is 30.3 Å². The largest absolute Gasteiger partial charge is 0.350 e. The highest BCUT2D eigenvalue weighted by atomic mass is 16.1. The molecule has 3 heterocycles. The first-order chi connectivity index (χ1) is 14.5. The molecule has 158 valence electrons. The Balaban J connectivity index is 1.47. The Hall–Kier alpha value is -2.73. The molecule has 1 aliphatic rings. The number of nitrogens with zero attached hydrogens (tertiary/aromatic N) is 3. The molecule has 0 atom stereocenters. The van der Waals surface area contributed by atoms with Crippen LogP contribution in [0.1, 0.15) is 41.9 Å². The quantitative estimate of drug-likeness (QED) is 0.631. The van der Waals surface area contributed by atoms with E-state index in [0.29, 0.717) is 12.8 Å². The van der Waals surface area contributed by atoms with Gasteiger partial charge in [0, 0.05) is 36.2 Å². The number of hydrogen-bond donors (Lipinski definition) is 2. The standard InChI is InChI=1S/C24H31N5O/c1-17-21(11-12-22(30)25-13-16-28-14-7-8-15-28)19(3)29-24(26-17)23(18(2)27-29)20-9-5-4-6-10-20/h4-6,9-10H,7-8,11-16H2,1-3H3,(H,25,30)/p+1. The fourth-order valence-corrected chi connectivity index (χ4v) is 4.60. The molecule has 30 heavy (non-hydrogen) atoms. The third kappa shape index (κ3) is 4.24. The fraction of sp³-hybridized carbons (Fsp3) is 0.458. The van der Waals surface area contributed by atoms with E-state index < -0.39 is 0 Å². The molecule has 1 fully saturated rings. The first-order valence-electron chi connectivity index (χ1n) is 11.1. The number of nitrogens with one attached hydrogen (secondary N) is 2. The van der Waals surface area contributed by atoms with Gasteiger partial charge in [-0.05, 0) is 38.3 Å². The van der Waals surface area contributed by atoms with Crippen LogP contribution < -0.4 is 10.2 Å². The lowest BCUT2D eigenvalue weighted by Crippen LogP contribution is -3.10. The molecule has 2 N–H and O–H groups in total. The van der Waals surface area contributed by atoms with E-state index in [9.17, 15) is 4.79 Å². The maximum Gasteiger partial charge on any atom is 0.220 e. The number of benzene rings is 1. The minimum Gasteiger partial charge on any atom is -0.350 e. The topological polar surface area (TPSA) is 63.7 Å². The van der Waals surface area contributed by atoms with Gasteiger partial charge in [-0.2, -0.15) is 5.10 Å². The third-order valence-corrected chi connectivity index (χ3v) is 6.28. The second-order valence-corrected chi connectivity index (χ2v) is 8.38. The summed E-state index contributed by atoms with van der Waals surface area (Å²) in [4.78, 5) is 18.9. The van der Waals surface area contributed by atoms with E-state index >= 15 is 0 Å². The summed E-state index contributed by atoms with van der Waals surface area (Å²) in [5.41, 5.74) is 7.22. The summed E-state index contributed by atoms with van der Waals surface area (Å²) in [5, 5.41) is 7.85. The zero-order valence-electron chi connectivity index (χ0n) is 18.3. The molecule has 3 aromatic rings. The van der Waals surface area contributed by atoms with Gasteiger partial charge in [0.15, 0.2) is 5.65 Å². The molecule has 4 rings (SSSR count). The summed E-state index contributed by atoms with van der Waals surface area (Å²) in [6, 6.07) is 10.3. The molecule has 0 aliphatic carbocycles. The van der Waals surface area contributed by atoms with Gasteiger partial charge in [0.25, 0.3) is 0 Å². The Labute approximate surface area is 178 Å². The van der Waals surface area contributed by atoms with Gasteiger partial charge in [-0.1, -0.05) is 30.3 Å². The van der Waals surface area contributed by atoms with E-state index in [-0.39, 0.29) is 5.91 Å². The number of carbonyl (C=O) groups excluding carboxylic acids is 1. The summed E-state index contributed by atoms with van der Waals surface area (Å²) in [6.07, 6.45) is 3.80. The predicted octanol–water partition coefficient (Wildman–Crippen LogP) is 2.05. The fourth-order valence-electron chi connectivity index (χ4n) is 4.60. The summed E-state index contributed by atoms with van der Waals surface area (Å²) in [6.45, 7) is 10.4. The molecular weight excluding hydrogens is 374 g/mol. The number of hydrogen-bond acceptors (Lipinski definition) is 3. The lowest BCUT2D eigenvalue weighted by molar-refractivity contribution is -0.886. The highest BCUT2D eigenvalue weighted by Crippen LogP contribution is 2.29. The SMILES string of the molecule is Cc1nc2c(-c3ccccc3)c(C)nn2c(C)c1CCC(=O)NCC[NH+]1CCCC1. The average molecular weight is 407 g/mol. The summed E-state index contributed by atoms with van der Waals surface area (Å²) in [5.74, 6) is 0.120. The van der Waals surface area contributed by atoms with Crippen molar-refractivity contribution in [1.82, 2.24) is 19.9 Å². The number of aryl methyl sites for hydroxylation is 3. The van der Waals surface area contributed by atoms with Crippen molar-refractivity contribution >= 4 is 11.6 Å². The van der Waals surface area contributed by atoms with Crippen molar-refractivity contribution < 1.29 is 9.69 Å². The molecule has 0 spiro atoms. The van der Waals surface area contributed by atoms with Gasteiger partial charge in [-0.25, -0.2) is 9.50 Å². The normalized spacial score (nSPS) is 14.5. The van der Waals surface area contributed by atoms with Crippen LogP contribution in [-0.2, 0) is 11.2 Å². The van der Waals surface area contributed by atoms with Crippen LogP contribution in [0.3, 0.4) is 0 Å². The van der Waals surface area contributed by atoms with Gasteiger partial charge < -0.3 is 10.2 Å². The number of carbonyl (C=O) groups is 1. The first-order valence-corrected chi connectivity index (χ1v) is 11.1. The average Bonchev–Trinajstić information content (AvgIpc) is 3.36. The number of quaternary nitrogens is 1. The predicted molar refractivity (Wildman–Crippen MR) is 119 cm³/mol. The van der Waals surface area contributed by atoms with E-state index in [1.165, 1.54) is 25.9 Å². The number of aromatic nitrogens is 3. The van der Waals surface area contributed by atoms with Crippen molar-refractivity contribution in [2.24, 2.45) is 0 Å². The van der Waals surface area contributed by atoms with Gasteiger partial charge in [0.1, 0.15) is 0 Å². The third-order valence-electron chi connectivity index (χ3n) is 6.28. The van der Waals surface area contributed by atoms with E-state index in [1.807, 2.05) is 36.6 Å². The minimum atomic E-state index is 0.120. The molecule has 6 nitrogen and oxygen atoms in total. The molecule has 1 aliphatic heterocycles. The van der Waals surface area contributed by atoms with Crippen molar-refractivity contribution in [3.05, 3.63) is 53.0 Å². The zero-order chi connectivity index (χ0) is 21.1. The monoisotopic (exact) mass is 406 g/mol. The van der Waals surface area contributed by atoms with Gasteiger partial charge in [0.2, 0.25) is 5.91 Å². The molecular formula is C24H32N5O+. The first kappa shape index (κ1) is 20.5. The number of fused-ring (bicyclic) bond motifs is 1. The molecule has 1 saturated heterocycles. The Kier molecular flexibility index (Phi) is 6.13. The van der Waals surface area contributed by atoms with Gasteiger partial charge in [-0.3, -0.25) is 4.79 Å². The molecule has 0 unspecified atom stereocenters. The van der Waals surface area contributed by atoms with Crippen LogP contribution >= 0.6 is 0 Å². The van der Waals surface area contributed by atoms with Crippen molar-refractivity contribution in [3.63, 3.8) is 0 Å². The van der Waals surface area contributed by atoms with Crippen molar-refractivity contribution in [2.75, 3.05) is 26.2 Å². The molecule has 1 amide bonds. The van der Waals surface area contributed by atoms with Crippen LogP contribution in [0.2, 0.25) is 0 Å². The smallest absolute Gasteiger partial charge is 0.220 e. The zero-order valence-corrected chi connectivity index (χ0v) is 18.3. The number of rotatable bonds is 7. The highest BCUT2D eigenvalue weighted by Gasteiger charge is 2.19. The molecule has 6 heteroatoms. The van der Waals surface area contributed by atoms with Crippen LogP contribution in [-0.4, -0.2) is 46.7 Å². The van der Waals surface area contributed by atoms with Crippen molar-refractivity contribution in [1.29, 1.82) is 0 Å². The summed E-state index contributed by atoms with van der Waals surface area (Å²) < 4.78 is 1.94. The molecule has 2 aromatic heterocycles. The molecule has 0 bridgehead atoms. The Bertz CT molecular complexity index is 1030. The summed E-state index contributed by atoms with van der Waals surface area (Å²) in [7, 11) is 0. The van der Waals surface area contributed by atoms with Gasteiger partial charge in [0.05, 0.1) is 31.9 Å². The van der Waals surface area contributed by atoms with Crippen LogP contribution in [0, 0.1) is 20.8 Å². The van der Waals surface area contributed by atoms with Crippen LogP contribution in [0.4, 0.5) is 0 Å². The lowest BCUT2D eigenvalue weighted by atomic mass is 10.0. The molecule has 0 radical (unpaired) electrons. The molecule has 0 saturated carbocycles. The second-order valence-electron chi connectivity index (χ2n) is 8.38. The van der Waals surface area contributed by atoms with Crippen LogP contribution in [0.5, 0.6) is 0 Å². The van der Waals surface area contributed by atoms with Gasteiger partial charge >= 0.3 is 0 Å². The number of likely N-dealkylation sites (tertiary alicyclic amines) is 1. The Morgan fingerprint density at radius 1 is 1.10 bits per heavy atom. The lowest BCUT2D eigenvalue weighted by Gasteiger charge is -2.13. The minimum absolute atomic E-state index is 0.120. The van der Waals surface area contributed by atoms with E-state index in [4.69, 9.17) is 10.1 Å². The Morgan fingerprint density at radius 2 is 1.83 bits per heavy atom.